The summed E-state index contributed by atoms with van der Waals surface area (Å²) in [5, 5.41) is 8.74. The Bertz CT molecular complexity index is 429. The Hall–Kier alpha value is -2.04. The fourth-order valence-electron chi connectivity index (χ4n) is 1.27. The number of nitrogens with two attached hydrogens (primary N) is 1. The number of benzene rings is 1. The molecule has 0 saturated heterocycles. The standard InChI is InChI=1S/C12H15NO4/c1-2-3-6-17-12(16)9-5-4-8(11(14)15)7-10(9)13/h4-5,7H,2-3,6,13H2,1H3,(H,14,15). The molecule has 1 aromatic rings. The Morgan fingerprint density at radius 3 is 2.65 bits per heavy atom. The normalized spacial score (nSPS) is 9.94. The number of carboxylic acids is 1. The molecule has 0 spiro atoms. The fourth-order valence-corrected chi connectivity index (χ4v) is 1.27. The van der Waals surface area contributed by atoms with Crippen LogP contribution in [-0.2, 0) is 4.74 Å². The van der Waals surface area contributed by atoms with E-state index in [1.54, 1.807) is 0 Å². The van der Waals surface area contributed by atoms with Gasteiger partial charge in [0.2, 0.25) is 0 Å². The Kier molecular flexibility index (Phi) is 4.51. The van der Waals surface area contributed by atoms with Crippen LogP contribution in [0.15, 0.2) is 18.2 Å². The van der Waals surface area contributed by atoms with Crippen molar-refractivity contribution >= 4 is 17.6 Å². The Morgan fingerprint density at radius 1 is 1.41 bits per heavy atom. The molecule has 3 N–H and O–H groups in total. The van der Waals surface area contributed by atoms with Crippen molar-refractivity contribution in [2.75, 3.05) is 12.3 Å². The zero-order chi connectivity index (χ0) is 12.8. The molecule has 0 aromatic heterocycles. The first-order valence-electron chi connectivity index (χ1n) is 5.36. The molecule has 0 radical (unpaired) electrons. The molecule has 17 heavy (non-hydrogen) atoms. The molecule has 92 valence electrons. The highest BCUT2D eigenvalue weighted by Crippen LogP contribution is 2.15. The van der Waals surface area contributed by atoms with Crippen molar-refractivity contribution in [3.63, 3.8) is 0 Å². The molecule has 5 nitrogen and oxygen atoms in total. The van der Waals surface area contributed by atoms with E-state index >= 15 is 0 Å². The summed E-state index contributed by atoms with van der Waals surface area (Å²) in [7, 11) is 0. The van der Waals surface area contributed by atoms with Gasteiger partial charge in [0.05, 0.1) is 17.7 Å². The second-order valence-electron chi connectivity index (χ2n) is 3.60. The molecule has 0 aliphatic carbocycles. The lowest BCUT2D eigenvalue weighted by atomic mass is 10.1. The lowest BCUT2D eigenvalue weighted by molar-refractivity contribution is 0.0500. The number of hydrogen-bond donors (Lipinski definition) is 2. The number of anilines is 1. The summed E-state index contributed by atoms with van der Waals surface area (Å²) in [5.74, 6) is -1.60. The maximum absolute atomic E-state index is 11.6. The molecule has 0 aliphatic rings. The second kappa shape index (κ2) is 5.89. The van der Waals surface area contributed by atoms with E-state index in [4.69, 9.17) is 15.6 Å². The number of hydrogen-bond acceptors (Lipinski definition) is 4. The number of ether oxygens (including phenoxy) is 1. The van der Waals surface area contributed by atoms with Crippen molar-refractivity contribution in [3.8, 4) is 0 Å². The van der Waals surface area contributed by atoms with Crippen molar-refractivity contribution in [1.82, 2.24) is 0 Å². The van der Waals surface area contributed by atoms with Crippen LogP contribution in [0, 0.1) is 0 Å². The van der Waals surface area contributed by atoms with Gasteiger partial charge in [-0.05, 0) is 24.6 Å². The molecule has 5 heteroatoms. The molecule has 1 rings (SSSR count). The van der Waals surface area contributed by atoms with Gasteiger partial charge in [-0.15, -0.1) is 0 Å². The van der Waals surface area contributed by atoms with E-state index < -0.39 is 11.9 Å². The highest BCUT2D eigenvalue weighted by molar-refractivity contribution is 5.97. The van der Waals surface area contributed by atoms with Gasteiger partial charge in [-0.2, -0.15) is 0 Å². The van der Waals surface area contributed by atoms with E-state index in [0.717, 1.165) is 12.8 Å². The smallest absolute Gasteiger partial charge is 0.340 e. The summed E-state index contributed by atoms with van der Waals surface area (Å²) in [6.07, 6.45) is 1.72. The molecule has 0 bridgehead atoms. The van der Waals surface area contributed by atoms with Gasteiger partial charge in [-0.25, -0.2) is 9.59 Å². The van der Waals surface area contributed by atoms with Crippen LogP contribution >= 0.6 is 0 Å². The third kappa shape index (κ3) is 3.48. The number of aromatic carboxylic acids is 1. The number of carbonyl (C=O) groups excluding carboxylic acids is 1. The predicted molar refractivity (Wildman–Crippen MR) is 63.0 cm³/mol. The molecule has 0 aliphatic heterocycles. The van der Waals surface area contributed by atoms with Crippen LogP contribution in [0.2, 0.25) is 0 Å². The topological polar surface area (TPSA) is 89.6 Å². The lowest BCUT2D eigenvalue weighted by Gasteiger charge is -2.07. The van der Waals surface area contributed by atoms with E-state index in [0.29, 0.717) is 6.61 Å². The van der Waals surface area contributed by atoms with Gasteiger partial charge in [0.25, 0.3) is 0 Å². The fraction of sp³-hybridized carbons (Fsp3) is 0.333. The van der Waals surface area contributed by atoms with Crippen LogP contribution in [0.25, 0.3) is 0 Å². The third-order valence-corrected chi connectivity index (χ3v) is 2.25. The van der Waals surface area contributed by atoms with Gasteiger partial charge in [-0.3, -0.25) is 0 Å². The minimum Gasteiger partial charge on any atom is -0.478 e. The number of rotatable bonds is 5. The number of unbranched alkanes of at least 4 members (excludes halogenated alkanes) is 1. The highest BCUT2D eigenvalue weighted by atomic mass is 16.5. The first-order valence-corrected chi connectivity index (χ1v) is 5.36. The number of carbonyl (C=O) groups is 2. The molecule has 0 unspecified atom stereocenters. The van der Waals surface area contributed by atoms with E-state index in [1.807, 2.05) is 6.92 Å². The summed E-state index contributed by atoms with van der Waals surface area (Å²) in [4.78, 5) is 22.2. The first kappa shape index (κ1) is 13.0. The van der Waals surface area contributed by atoms with Crippen molar-refractivity contribution in [2.45, 2.75) is 19.8 Å². The Labute approximate surface area is 99.2 Å². The van der Waals surface area contributed by atoms with E-state index in [2.05, 4.69) is 0 Å². The summed E-state index contributed by atoms with van der Waals surface area (Å²) in [5.41, 5.74) is 5.97. The maximum atomic E-state index is 11.6. The van der Waals surface area contributed by atoms with Gasteiger partial charge >= 0.3 is 11.9 Å². The zero-order valence-corrected chi connectivity index (χ0v) is 9.60. The molecule has 0 atom stereocenters. The van der Waals surface area contributed by atoms with Gasteiger partial charge in [0.1, 0.15) is 0 Å². The van der Waals surface area contributed by atoms with Crippen molar-refractivity contribution in [3.05, 3.63) is 29.3 Å². The molecular formula is C12H15NO4. The molecule has 0 fully saturated rings. The number of nitrogen functional groups attached to an aromatic ring is 1. The van der Waals surface area contributed by atoms with Gasteiger partial charge in [-0.1, -0.05) is 13.3 Å². The SMILES string of the molecule is CCCCOC(=O)c1ccc(C(=O)O)cc1N. The van der Waals surface area contributed by atoms with Crippen molar-refractivity contribution in [1.29, 1.82) is 0 Å². The predicted octanol–water partition coefficient (Wildman–Crippen LogP) is 1.92. The van der Waals surface area contributed by atoms with Gasteiger partial charge < -0.3 is 15.6 Å². The van der Waals surface area contributed by atoms with E-state index in [9.17, 15) is 9.59 Å². The van der Waals surface area contributed by atoms with Gasteiger partial charge in [0, 0.05) is 5.69 Å². The van der Waals surface area contributed by atoms with Crippen LogP contribution in [0.1, 0.15) is 40.5 Å². The van der Waals surface area contributed by atoms with Crippen molar-refractivity contribution in [2.24, 2.45) is 0 Å². The van der Waals surface area contributed by atoms with Crippen LogP contribution in [0.4, 0.5) is 5.69 Å². The van der Waals surface area contributed by atoms with Crippen molar-refractivity contribution < 1.29 is 19.4 Å². The summed E-state index contributed by atoms with van der Waals surface area (Å²) >= 11 is 0. The summed E-state index contributed by atoms with van der Waals surface area (Å²) in [6, 6.07) is 3.95. The molecule has 0 heterocycles. The molecular weight excluding hydrogens is 222 g/mol. The largest absolute Gasteiger partial charge is 0.478 e. The van der Waals surface area contributed by atoms with Crippen LogP contribution < -0.4 is 5.73 Å². The lowest BCUT2D eigenvalue weighted by Crippen LogP contribution is -2.10. The number of carboxylic acid groups (broad SMARTS) is 1. The second-order valence-corrected chi connectivity index (χ2v) is 3.60. The Balaban J connectivity index is 2.78. The highest BCUT2D eigenvalue weighted by Gasteiger charge is 2.13. The minimum absolute atomic E-state index is 0.0487. The van der Waals surface area contributed by atoms with Crippen LogP contribution in [0.3, 0.4) is 0 Å². The molecule has 0 amide bonds. The Morgan fingerprint density at radius 2 is 2.12 bits per heavy atom. The maximum Gasteiger partial charge on any atom is 0.340 e. The summed E-state index contributed by atoms with van der Waals surface area (Å²) in [6.45, 7) is 2.33. The third-order valence-electron chi connectivity index (χ3n) is 2.25. The van der Waals surface area contributed by atoms with E-state index in [1.165, 1.54) is 18.2 Å². The minimum atomic E-state index is -1.08. The summed E-state index contributed by atoms with van der Waals surface area (Å²) < 4.78 is 4.98. The monoisotopic (exact) mass is 237 g/mol. The van der Waals surface area contributed by atoms with Crippen LogP contribution in [-0.4, -0.2) is 23.7 Å². The van der Waals surface area contributed by atoms with Crippen LogP contribution in [0.5, 0.6) is 0 Å². The number of esters is 1. The van der Waals surface area contributed by atoms with E-state index in [-0.39, 0.29) is 16.8 Å². The zero-order valence-electron chi connectivity index (χ0n) is 9.60. The molecule has 0 saturated carbocycles. The first-order chi connectivity index (χ1) is 8.06. The molecule has 1 aromatic carbocycles. The van der Waals surface area contributed by atoms with Gasteiger partial charge in [0.15, 0.2) is 0 Å². The average Bonchev–Trinajstić information content (AvgIpc) is 2.28. The quantitative estimate of drug-likeness (QED) is 0.464. The average molecular weight is 237 g/mol.